The number of rotatable bonds is 5. The van der Waals surface area contributed by atoms with Crippen molar-refractivity contribution in [3.05, 3.63) is 42.0 Å². The van der Waals surface area contributed by atoms with Crippen LogP contribution in [0.25, 0.3) is 11.5 Å². The van der Waals surface area contributed by atoms with Gasteiger partial charge in [0.2, 0.25) is 5.89 Å². The predicted octanol–water partition coefficient (Wildman–Crippen LogP) is 3.30. The Hall–Kier alpha value is -1.53. The van der Waals surface area contributed by atoms with Gasteiger partial charge in [0.15, 0.2) is 0 Å². The van der Waals surface area contributed by atoms with E-state index < -0.39 is 10.8 Å². The van der Waals surface area contributed by atoms with E-state index in [4.69, 9.17) is 9.15 Å². The van der Waals surface area contributed by atoms with E-state index in [1.54, 1.807) is 12.1 Å². The third-order valence-corrected chi connectivity index (χ3v) is 4.96. The lowest BCUT2D eigenvalue weighted by atomic mass is 10.1. The number of ether oxygens (including phenoxy) is 1. The molecule has 0 amide bonds. The quantitative estimate of drug-likeness (QED) is 0.847. The van der Waals surface area contributed by atoms with Crippen molar-refractivity contribution in [3.8, 4) is 11.5 Å². The second-order valence-electron chi connectivity index (χ2n) is 5.39. The summed E-state index contributed by atoms with van der Waals surface area (Å²) in [6, 6.07) is 5.94. The first-order chi connectivity index (χ1) is 10.7. The van der Waals surface area contributed by atoms with Gasteiger partial charge in [-0.2, -0.15) is 0 Å². The summed E-state index contributed by atoms with van der Waals surface area (Å²) >= 11 is 0. The number of nitrogens with zero attached hydrogens (tertiary/aromatic N) is 1. The third kappa shape index (κ3) is 4.01. The van der Waals surface area contributed by atoms with E-state index >= 15 is 0 Å². The van der Waals surface area contributed by atoms with Crippen molar-refractivity contribution in [3.63, 3.8) is 0 Å². The van der Waals surface area contributed by atoms with Crippen LogP contribution in [0.15, 0.2) is 34.9 Å². The van der Waals surface area contributed by atoms with Gasteiger partial charge in [0.25, 0.3) is 0 Å². The highest BCUT2D eigenvalue weighted by molar-refractivity contribution is 7.84. The molecule has 1 aromatic heterocycles. The summed E-state index contributed by atoms with van der Waals surface area (Å²) in [4.78, 5) is 4.32. The van der Waals surface area contributed by atoms with E-state index in [-0.39, 0.29) is 11.9 Å². The van der Waals surface area contributed by atoms with Gasteiger partial charge in [0, 0.05) is 23.0 Å². The average Bonchev–Trinajstić information content (AvgIpc) is 2.97. The summed E-state index contributed by atoms with van der Waals surface area (Å²) in [5, 5.41) is 0. The van der Waals surface area contributed by atoms with Crippen molar-refractivity contribution in [1.82, 2.24) is 4.98 Å². The molecule has 0 bridgehead atoms. The van der Waals surface area contributed by atoms with E-state index in [0.29, 0.717) is 28.7 Å². The lowest BCUT2D eigenvalue weighted by molar-refractivity contribution is 0.0310. The van der Waals surface area contributed by atoms with Crippen LogP contribution in [0.1, 0.15) is 25.0 Å². The Labute approximate surface area is 131 Å². The van der Waals surface area contributed by atoms with Gasteiger partial charge < -0.3 is 9.15 Å². The molecule has 0 aliphatic carbocycles. The summed E-state index contributed by atoms with van der Waals surface area (Å²) in [6.07, 6.45) is 4.82. The molecule has 4 nitrogen and oxygen atoms in total. The topological polar surface area (TPSA) is 52.3 Å². The van der Waals surface area contributed by atoms with Crippen molar-refractivity contribution in [1.29, 1.82) is 0 Å². The zero-order chi connectivity index (χ0) is 15.4. The molecule has 0 saturated carbocycles. The fraction of sp³-hybridized carbons (Fsp3) is 0.438. The number of benzene rings is 1. The average molecular weight is 323 g/mol. The second kappa shape index (κ2) is 7.15. The van der Waals surface area contributed by atoms with Gasteiger partial charge in [-0.3, -0.25) is 4.21 Å². The van der Waals surface area contributed by atoms with E-state index in [2.05, 4.69) is 4.98 Å². The molecule has 1 aliphatic heterocycles. The highest BCUT2D eigenvalue weighted by atomic mass is 32.2. The van der Waals surface area contributed by atoms with Gasteiger partial charge in [-0.15, -0.1) is 0 Å². The lowest BCUT2D eigenvalue weighted by Crippen LogP contribution is -2.25. The number of aromatic nitrogens is 1. The van der Waals surface area contributed by atoms with Gasteiger partial charge in [-0.05, 0) is 43.5 Å². The summed E-state index contributed by atoms with van der Waals surface area (Å²) in [6.45, 7) is 0.764. The van der Waals surface area contributed by atoms with Crippen LogP contribution in [0.3, 0.4) is 0 Å². The standard InChI is InChI=1S/C16H18FNO3S/c17-13-6-4-12(5-7-13)16-18-14(9-21-16)10-22(19)11-15-3-1-2-8-20-15/h4-7,9,15H,1-3,8,10-11H2. The molecule has 1 aromatic carbocycles. The first-order valence-electron chi connectivity index (χ1n) is 7.37. The van der Waals surface area contributed by atoms with E-state index in [1.165, 1.54) is 18.4 Å². The summed E-state index contributed by atoms with van der Waals surface area (Å²) in [5.74, 6) is 1.01. The van der Waals surface area contributed by atoms with Crippen LogP contribution in [-0.4, -0.2) is 27.7 Å². The lowest BCUT2D eigenvalue weighted by Gasteiger charge is -2.21. The minimum atomic E-state index is -1.02. The molecule has 0 spiro atoms. The molecule has 3 rings (SSSR count). The normalized spacial score (nSPS) is 20.0. The van der Waals surface area contributed by atoms with E-state index in [1.807, 2.05) is 0 Å². The fourth-order valence-electron chi connectivity index (χ4n) is 2.47. The molecule has 1 saturated heterocycles. The van der Waals surface area contributed by atoms with Gasteiger partial charge >= 0.3 is 0 Å². The molecule has 22 heavy (non-hydrogen) atoms. The van der Waals surface area contributed by atoms with Crippen molar-refractivity contribution in [2.45, 2.75) is 31.1 Å². The number of oxazole rings is 1. The molecule has 2 unspecified atom stereocenters. The first-order valence-corrected chi connectivity index (χ1v) is 8.86. The SMILES string of the molecule is O=S(Cc1coc(-c2ccc(F)cc2)n1)CC1CCCCO1. The zero-order valence-corrected chi connectivity index (χ0v) is 13.0. The molecule has 2 atom stereocenters. The molecule has 2 heterocycles. The number of halogens is 1. The summed E-state index contributed by atoms with van der Waals surface area (Å²) < 4.78 is 36.1. The Morgan fingerprint density at radius 3 is 2.82 bits per heavy atom. The largest absolute Gasteiger partial charge is 0.444 e. The summed E-state index contributed by atoms with van der Waals surface area (Å²) in [5.41, 5.74) is 1.35. The van der Waals surface area contributed by atoms with E-state index in [9.17, 15) is 8.60 Å². The van der Waals surface area contributed by atoms with Gasteiger partial charge in [0.05, 0.1) is 23.3 Å². The smallest absolute Gasteiger partial charge is 0.226 e. The van der Waals surface area contributed by atoms with E-state index in [0.717, 1.165) is 25.9 Å². The molecule has 2 aromatic rings. The Morgan fingerprint density at radius 2 is 2.09 bits per heavy atom. The third-order valence-electron chi connectivity index (χ3n) is 3.60. The monoisotopic (exact) mass is 323 g/mol. The highest BCUT2D eigenvalue weighted by Crippen LogP contribution is 2.20. The number of hydrogen-bond acceptors (Lipinski definition) is 4. The molecule has 6 heteroatoms. The molecule has 1 aliphatic rings. The maximum atomic E-state index is 12.9. The summed E-state index contributed by atoms with van der Waals surface area (Å²) in [7, 11) is -1.02. The van der Waals surface area contributed by atoms with Crippen molar-refractivity contribution < 1.29 is 17.8 Å². The van der Waals surface area contributed by atoms with Crippen LogP contribution >= 0.6 is 0 Å². The van der Waals surface area contributed by atoms with Crippen molar-refractivity contribution in [2.75, 3.05) is 12.4 Å². The highest BCUT2D eigenvalue weighted by Gasteiger charge is 2.18. The Kier molecular flexibility index (Phi) is 5.00. The fourth-order valence-corrected chi connectivity index (χ4v) is 3.73. The van der Waals surface area contributed by atoms with Gasteiger partial charge in [-0.25, -0.2) is 9.37 Å². The predicted molar refractivity (Wildman–Crippen MR) is 82.2 cm³/mol. The van der Waals surface area contributed by atoms with Crippen LogP contribution in [0, 0.1) is 5.82 Å². The molecule has 118 valence electrons. The maximum absolute atomic E-state index is 12.9. The van der Waals surface area contributed by atoms with Crippen LogP contribution in [0.2, 0.25) is 0 Å². The zero-order valence-electron chi connectivity index (χ0n) is 12.2. The van der Waals surface area contributed by atoms with Crippen LogP contribution < -0.4 is 0 Å². The van der Waals surface area contributed by atoms with Gasteiger partial charge in [0.1, 0.15) is 12.1 Å². The molecule has 0 N–H and O–H groups in total. The van der Waals surface area contributed by atoms with Crippen LogP contribution in [0.5, 0.6) is 0 Å². The minimum absolute atomic E-state index is 0.0954. The Morgan fingerprint density at radius 1 is 1.27 bits per heavy atom. The van der Waals surface area contributed by atoms with Crippen LogP contribution in [-0.2, 0) is 21.3 Å². The maximum Gasteiger partial charge on any atom is 0.226 e. The first kappa shape index (κ1) is 15.4. The second-order valence-corrected chi connectivity index (χ2v) is 6.89. The molecular weight excluding hydrogens is 305 g/mol. The molecular formula is C16H18FNO3S. The number of hydrogen-bond donors (Lipinski definition) is 0. The minimum Gasteiger partial charge on any atom is -0.444 e. The molecule has 1 fully saturated rings. The van der Waals surface area contributed by atoms with Crippen molar-refractivity contribution in [2.24, 2.45) is 0 Å². The van der Waals surface area contributed by atoms with Gasteiger partial charge in [-0.1, -0.05) is 0 Å². The Bertz CT molecular complexity index is 635. The molecule has 0 radical (unpaired) electrons. The Balaban J connectivity index is 1.59. The van der Waals surface area contributed by atoms with Crippen LogP contribution in [0.4, 0.5) is 4.39 Å². The van der Waals surface area contributed by atoms with Crippen molar-refractivity contribution >= 4 is 10.8 Å².